The summed E-state index contributed by atoms with van der Waals surface area (Å²) < 4.78 is 0. The van der Waals surface area contributed by atoms with Gasteiger partial charge in [-0.25, -0.2) is 4.98 Å². The van der Waals surface area contributed by atoms with Gasteiger partial charge in [0, 0.05) is 26.0 Å². The molecule has 0 saturated heterocycles. The van der Waals surface area contributed by atoms with E-state index in [1.54, 1.807) is 4.90 Å². The number of nitrogens with zero attached hydrogens (tertiary/aromatic N) is 2. The topological polar surface area (TPSA) is 45.2 Å². The van der Waals surface area contributed by atoms with Crippen LogP contribution in [0.5, 0.6) is 0 Å². The van der Waals surface area contributed by atoms with Crippen molar-refractivity contribution in [2.75, 3.05) is 26.0 Å². The maximum Gasteiger partial charge on any atom is 0.272 e. The number of hydrogen-bond acceptors (Lipinski definition) is 3. The maximum atomic E-state index is 12.5. The lowest BCUT2D eigenvalue weighted by Gasteiger charge is -2.21. The number of rotatable bonds is 5. The first-order chi connectivity index (χ1) is 10.1. The molecule has 1 aromatic heterocycles. The van der Waals surface area contributed by atoms with Gasteiger partial charge in [0.15, 0.2) is 0 Å². The molecule has 1 heterocycles. The zero-order valence-corrected chi connectivity index (χ0v) is 13.2. The van der Waals surface area contributed by atoms with E-state index >= 15 is 0 Å². The largest absolute Gasteiger partial charge is 0.373 e. The fourth-order valence-electron chi connectivity index (χ4n) is 2.37. The van der Waals surface area contributed by atoms with E-state index in [2.05, 4.69) is 24.1 Å². The molecule has 4 nitrogen and oxygen atoms in total. The van der Waals surface area contributed by atoms with E-state index in [1.807, 2.05) is 44.4 Å². The van der Waals surface area contributed by atoms with E-state index in [0.29, 0.717) is 11.6 Å². The molecule has 1 aromatic carbocycles. The van der Waals surface area contributed by atoms with Crippen LogP contribution >= 0.6 is 0 Å². The van der Waals surface area contributed by atoms with Crippen molar-refractivity contribution >= 4 is 22.5 Å². The average Bonchev–Trinajstić information content (AvgIpc) is 2.52. The van der Waals surface area contributed by atoms with Gasteiger partial charge in [-0.15, -0.1) is 0 Å². The van der Waals surface area contributed by atoms with Crippen molar-refractivity contribution in [1.82, 2.24) is 9.88 Å². The summed E-state index contributed by atoms with van der Waals surface area (Å²) >= 11 is 0. The molecule has 21 heavy (non-hydrogen) atoms. The van der Waals surface area contributed by atoms with E-state index in [9.17, 15) is 4.79 Å². The molecule has 2 rings (SSSR count). The minimum absolute atomic E-state index is 0.0300. The number of benzene rings is 1. The van der Waals surface area contributed by atoms with Gasteiger partial charge in [-0.1, -0.05) is 44.5 Å². The van der Waals surface area contributed by atoms with E-state index in [0.717, 1.165) is 29.6 Å². The standard InChI is InChI=1S/C17H23N3O/c1-5-12(2)11-20(4)17(21)15-10-13-8-6-7-9-14(13)16(18-3)19-15/h6-10,12H,5,11H2,1-4H3,(H,18,19). The molecular formula is C17H23N3O. The number of amides is 1. The van der Waals surface area contributed by atoms with Crippen LogP contribution in [-0.2, 0) is 0 Å². The quantitative estimate of drug-likeness (QED) is 0.916. The number of carbonyl (C=O) groups is 1. The smallest absolute Gasteiger partial charge is 0.272 e. The van der Waals surface area contributed by atoms with Crippen molar-refractivity contribution in [3.05, 3.63) is 36.0 Å². The molecule has 0 saturated carbocycles. The molecule has 0 aliphatic heterocycles. The van der Waals surface area contributed by atoms with Crippen LogP contribution in [0.3, 0.4) is 0 Å². The zero-order valence-electron chi connectivity index (χ0n) is 13.2. The first-order valence-corrected chi connectivity index (χ1v) is 7.39. The number of nitrogens with one attached hydrogen (secondary N) is 1. The first kappa shape index (κ1) is 15.3. The Kier molecular flexibility index (Phi) is 4.78. The summed E-state index contributed by atoms with van der Waals surface area (Å²) in [4.78, 5) is 18.8. The molecule has 0 fully saturated rings. The fourth-order valence-corrected chi connectivity index (χ4v) is 2.37. The Morgan fingerprint density at radius 3 is 2.76 bits per heavy atom. The van der Waals surface area contributed by atoms with E-state index in [4.69, 9.17) is 0 Å². The molecule has 2 aromatic rings. The first-order valence-electron chi connectivity index (χ1n) is 7.39. The summed E-state index contributed by atoms with van der Waals surface area (Å²) in [7, 11) is 3.66. The van der Waals surface area contributed by atoms with Crippen molar-refractivity contribution in [2.24, 2.45) is 5.92 Å². The van der Waals surface area contributed by atoms with Crippen molar-refractivity contribution < 1.29 is 4.79 Å². The van der Waals surface area contributed by atoms with E-state index in [1.165, 1.54) is 0 Å². The molecule has 112 valence electrons. The van der Waals surface area contributed by atoms with Gasteiger partial charge in [0.2, 0.25) is 0 Å². The van der Waals surface area contributed by atoms with Crippen LogP contribution < -0.4 is 5.32 Å². The third-order valence-electron chi connectivity index (χ3n) is 3.83. The number of fused-ring (bicyclic) bond motifs is 1. The van der Waals surface area contributed by atoms with Crippen molar-refractivity contribution in [1.29, 1.82) is 0 Å². The average molecular weight is 285 g/mol. The molecule has 4 heteroatoms. The Morgan fingerprint density at radius 2 is 2.10 bits per heavy atom. The van der Waals surface area contributed by atoms with Gasteiger partial charge in [0.25, 0.3) is 5.91 Å². The van der Waals surface area contributed by atoms with Gasteiger partial charge in [-0.3, -0.25) is 4.79 Å². The van der Waals surface area contributed by atoms with Crippen LogP contribution in [-0.4, -0.2) is 36.4 Å². The SMILES string of the molecule is CCC(C)CN(C)C(=O)c1cc2ccccc2c(NC)n1. The Hall–Kier alpha value is -2.10. The highest BCUT2D eigenvalue weighted by atomic mass is 16.2. The molecular weight excluding hydrogens is 262 g/mol. The summed E-state index contributed by atoms with van der Waals surface area (Å²) in [5.41, 5.74) is 0.490. The highest BCUT2D eigenvalue weighted by Gasteiger charge is 2.17. The number of carbonyl (C=O) groups excluding carboxylic acids is 1. The molecule has 1 amide bonds. The molecule has 0 bridgehead atoms. The van der Waals surface area contributed by atoms with Crippen LogP contribution in [0.15, 0.2) is 30.3 Å². The van der Waals surface area contributed by atoms with Gasteiger partial charge in [0.1, 0.15) is 11.5 Å². The van der Waals surface area contributed by atoms with Crippen LogP contribution in [0.4, 0.5) is 5.82 Å². The lowest BCUT2D eigenvalue weighted by Crippen LogP contribution is -2.31. The molecule has 1 atom stereocenters. The molecule has 1 N–H and O–H groups in total. The Morgan fingerprint density at radius 1 is 1.38 bits per heavy atom. The van der Waals surface area contributed by atoms with E-state index in [-0.39, 0.29) is 5.91 Å². The molecule has 0 aliphatic carbocycles. The second kappa shape index (κ2) is 6.57. The van der Waals surface area contributed by atoms with Crippen LogP contribution in [0.2, 0.25) is 0 Å². The van der Waals surface area contributed by atoms with Crippen LogP contribution in [0.25, 0.3) is 10.8 Å². The predicted octanol–water partition coefficient (Wildman–Crippen LogP) is 3.39. The highest BCUT2D eigenvalue weighted by molar-refractivity contribution is 6.00. The number of anilines is 1. The second-order valence-electron chi connectivity index (χ2n) is 5.53. The zero-order chi connectivity index (χ0) is 15.4. The van der Waals surface area contributed by atoms with Crippen LogP contribution in [0.1, 0.15) is 30.8 Å². The Labute approximate surface area is 126 Å². The second-order valence-corrected chi connectivity index (χ2v) is 5.53. The minimum atomic E-state index is -0.0300. The molecule has 0 aliphatic rings. The van der Waals surface area contributed by atoms with Crippen molar-refractivity contribution in [3.8, 4) is 0 Å². The molecule has 0 radical (unpaired) electrons. The number of aromatic nitrogens is 1. The number of hydrogen-bond donors (Lipinski definition) is 1. The molecule has 0 spiro atoms. The number of pyridine rings is 1. The fraction of sp³-hybridized carbons (Fsp3) is 0.412. The van der Waals surface area contributed by atoms with Gasteiger partial charge in [-0.05, 0) is 17.4 Å². The predicted molar refractivity (Wildman–Crippen MR) is 87.7 cm³/mol. The summed E-state index contributed by atoms with van der Waals surface area (Å²) in [6.45, 7) is 5.03. The lowest BCUT2D eigenvalue weighted by atomic mass is 10.1. The van der Waals surface area contributed by atoms with Crippen molar-refractivity contribution in [2.45, 2.75) is 20.3 Å². The molecule has 1 unspecified atom stereocenters. The monoisotopic (exact) mass is 285 g/mol. The normalized spacial score (nSPS) is 12.2. The van der Waals surface area contributed by atoms with Gasteiger partial charge >= 0.3 is 0 Å². The maximum absolute atomic E-state index is 12.5. The van der Waals surface area contributed by atoms with Gasteiger partial charge in [-0.2, -0.15) is 0 Å². The Balaban J connectivity index is 2.35. The summed E-state index contributed by atoms with van der Waals surface area (Å²) in [5.74, 6) is 1.20. The van der Waals surface area contributed by atoms with Crippen LogP contribution in [0, 0.1) is 5.92 Å². The summed E-state index contributed by atoms with van der Waals surface area (Å²) in [6, 6.07) is 9.82. The summed E-state index contributed by atoms with van der Waals surface area (Å²) in [6.07, 6.45) is 1.06. The van der Waals surface area contributed by atoms with Gasteiger partial charge < -0.3 is 10.2 Å². The lowest BCUT2D eigenvalue weighted by molar-refractivity contribution is 0.0769. The van der Waals surface area contributed by atoms with E-state index < -0.39 is 0 Å². The Bertz CT molecular complexity index is 639. The highest BCUT2D eigenvalue weighted by Crippen LogP contribution is 2.22. The van der Waals surface area contributed by atoms with Gasteiger partial charge in [0.05, 0.1) is 0 Å². The van der Waals surface area contributed by atoms with Crippen molar-refractivity contribution in [3.63, 3.8) is 0 Å². The minimum Gasteiger partial charge on any atom is -0.373 e. The third kappa shape index (κ3) is 3.32. The summed E-state index contributed by atoms with van der Waals surface area (Å²) in [5, 5.41) is 5.13. The third-order valence-corrected chi connectivity index (χ3v) is 3.83.